The second kappa shape index (κ2) is 9.57. The summed E-state index contributed by atoms with van der Waals surface area (Å²) in [5.74, 6) is 0.298. The van der Waals surface area contributed by atoms with E-state index in [0.29, 0.717) is 12.1 Å². The number of urea groups is 1. The average molecular weight is 416 g/mol. The van der Waals surface area contributed by atoms with Gasteiger partial charge in [0.15, 0.2) is 0 Å². The van der Waals surface area contributed by atoms with E-state index in [2.05, 4.69) is 15.6 Å². The predicted molar refractivity (Wildman–Crippen MR) is 116 cm³/mol. The van der Waals surface area contributed by atoms with Gasteiger partial charge in [-0.05, 0) is 54.8 Å². The predicted octanol–water partition coefficient (Wildman–Crippen LogP) is 4.38. The number of anilines is 1. The van der Waals surface area contributed by atoms with Crippen molar-refractivity contribution in [1.82, 2.24) is 10.3 Å². The van der Waals surface area contributed by atoms with E-state index in [-0.39, 0.29) is 0 Å². The lowest BCUT2D eigenvalue weighted by Gasteiger charge is -2.16. The largest absolute Gasteiger partial charge is 0.467 e. The first kappa shape index (κ1) is 20.2. The molecule has 2 N–H and O–H groups in total. The van der Waals surface area contributed by atoms with Crippen LogP contribution in [0.1, 0.15) is 6.42 Å². The Hall–Kier alpha value is -2.58. The van der Waals surface area contributed by atoms with Crippen LogP contribution in [-0.4, -0.2) is 42.1 Å². The quantitative estimate of drug-likeness (QED) is 0.560. The fourth-order valence-electron chi connectivity index (χ4n) is 2.64. The second-order valence-corrected chi connectivity index (χ2v) is 8.04. The number of esters is 1. The van der Waals surface area contributed by atoms with Gasteiger partial charge in [-0.15, -0.1) is 11.3 Å². The van der Waals surface area contributed by atoms with Gasteiger partial charge in [-0.25, -0.2) is 14.6 Å². The van der Waals surface area contributed by atoms with Gasteiger partial charge < -0.3 is 15.4 Å². The number of hydrogen-bond acceptors (Lipinski definition) is 6. The first-order chi connectivity index (χ1) is 13.6. The van der Waals surface area contributed by atoms with Gasteiger partial charge in [0.25, 0.3) is 0 Å². The number of para-hydroxylation sites is 1. The van der Waals surface area contributed by atoms with E-state index in [1.807, 2.05) is 54.8 Å². The van der Waals surface area contributed by atoms with E-state index in [1.54, 1.807) is 23.1 Å². The van der Waals surface area contributed by atoms with Crippen molar-refractivity contribution in [2.24, 2.45) is 0 Å². The summed E-state index contributed by atoms with van der Waals surface area (Å²) < 4.78 is 5.89. The molecule has 3 rings (SSSR count). The Morgan fingerprint density at radius 3 is 2.61 bits per heavy atom. The van der Waals surface area contributed by atoms with Gasteiger partial charge in [-0.2, -0.15) is 11.8 Å². The minimum Gasteiger partial charge on any atom is -0.467 e. The molecule has 28 heavy (non-hydrogen) atoms. The molecule has 8 heteroatoms. The van der Waals surface area contributed by atoms with Crippen LogP contribution in [-0.2, 0) is 9.53 Å². The topological polar surface area (TPSA) is 80.3 Å². The molecular formula is C20H21N3O3S2. The number of carbonyl (C=O) groups is 2. The third-order valence-corrected chi connectivity index (χ3v) is 5.81. The van der Waals surface area contributed by atoms with Crippen molar-refractivity contribution in [3.8, 4) is 10.6 Å². The summed E-state index contributed by atoms with van der Waals surface area (Å²) in [4.78, 5) is 28.7. The standard InChI is InChI=1S/C20H21N3O3S2/c1-26-19(24)16(11-12-27-2)23-20(25)21-14-9-7-13(8-10-14)18-22-15-5-3-4-6-17(15)28-18/h3-10,16H,11-12H2,1-2H3,(H2,21,23,25)/t16-/m0/s1. The molecule has 0 unspecified atom stereocenters. The Kier molecular flexibility index (Phi) is 6.89. The van der Waals surface area contributed by atoms with Crippen LogP contribution in [0.4, 0.5) is 10.5 Å². The molecule has 0 radical (unpaired) electrons. The van der Waals surface area contributed by atoms with Crippen LogP contribution in [0.25, 0.3) is 20.8 Å². The number of nitrogens with one attached hydrogen (secondary N) is 2. The molecule has 1 aromatic heterocycles. The summed E-state index contributed by atoms with van der Waals surface area (Å²) in [5.41, 5.74) is 2.60. The third kappa shape index (κ3) is 5.02. The summed E-state index contributed by atoms with van der Waals surface area (Å²) in [7, 11) is 1.31. The zero-order valence-electron chi connectivity index (χ0n) is 15.6. The summed E-state index contributed by atoms with van der Waals surface area (Å²) >= 11 is 3.23. The number of ether oxygens (including phenoxy) is 1. The molecule has 3 aromatic rings. The lowest BCUT2D eigenvalue weighted by Crippen LogP contribution is -2.44. The van der Waals surface area contributed by atoms with Crippen LogP contribution in [0.15, 0.2) is 48.5 Å². The van der Waals surface area contributed by atoms with Crippen molar-refractivity contribution in [1.29, 1.82) is 0 Å². The van der Waals surface area contributed by atoms with Gasteiger partial charge in [0.05, 0.1) is 17.3 Å². The minimum atomic E-state index is -0.667. The number of thiazole rings is 1. The fraction of sp³-hybridized carbons (Fsp3) is 0.250. The SMILES string of the molecule is COC(=O)[C@H](CCSC)NC(=O)Nc1ccc(-c2nc3ccccc3s2)cc1. The van der Waals surface area contributed by atoms with Gasteiger partial charge in [0.2, 0.25) is 0 Å². The van der Waals surface area contributed by atoms with Gasteiger partial charge in [0.1, 0.15) is 11.0 Å². The molecule has 0 spiro atoms. The van der Waals surface area contributed by atoms with Crippen molar-refractivity contribution < 1.29 is 14.3 Å². The fourth-order valence-corrected chi connectivity index (χ4v) is 4.09. The van der Waals surface area contributed by atoms with Gasteiger partial charge in [-0.1, -0.05) is 12.1 Å². The van der Waals surface area contributed by atoms with Crippen molar-refractivity contribution in [3.63, 3.8) is 0 Å². The van der Waals surface area contributed by atoms with E-state index in [0.717, 1.165) is 26.5 Å². The molecule has 0 bridgehead atoms. The van der Waals surface area contributed by atoms with Gasteiger partial charge in [-0.3, -0.25) is 0 Å². The highest BCUT2D eigenvalue weighted by atomic mass is 32.2. The molecule has 2 aromatic carbocycles. The number of benzene rings is 2. The Balaban J connectivity index is 1.64. The Morgan fingerprint density at radius 1 is 1.18 bits per heavy atom. The molecule has 0 fully saturated rings. The highest BCUT2D eigenvalue weighted by Crippen LogP contribution is 2.30. The van der Waals surface area contributed by atoms with Crippen LogP contribution in [0.5, 0.6) is 0 Å². The van der Waals surface area contributed by atoms with Crippen LogP contribution >= 0.6 is 23.1 Å². The Bertz CT molecular complexity index is 924. The molecule has 1 heterocycles. The van der Waals surface area contributed by atoms with Crippen molar-refractivity contribution in [2.75, 3.05) is 24.4 Å². The Morgan fingerprint density at radius 2 is 1.93 bits per heavy atom. The van der Waals surface area contributed by atoms with E-state index in [9.17, 15) is 9.59 Å². The van der Waals surface area contributed by atoms with Crippen LogP contribution in [0, 0.1) is 0 Å². The Labute approximate surface area is 171 Å². The molecule has 0 aliphatic rings. The maximum Gasteiger partial charge on any atom is 0.328 e. The first-order valence-corrected chi connectivity index (χ1v) is 10.9. The first-order valence-electron chi connectivity index (χ1n) is 8.71. The number of aromatic nitrogens is 1. The number of methoxy groups -OCH3 is 1. The van der Waals surface area contributed by atoms with Crippen LogP contribution in [0.3, 0.4) is 0 Å². The highest BCUT2D eigenvalue weighted by molar-refractivity contribution is 7.98. The van der Waals surface area contributed by atoms with Crippen LogP contribution in [0.2, 0.25) is 0 Å². The molecule has 0 saturated carbocycles. The second-order valence-electron chi connectivity index (χ2n) is 6.02. The molecule has 0 aliphatic carbocycles. The third-order valence-electron chi connectivity index (χ3n) is 4.09. The number of carbonyl (C=O) groups excluding carboxylic acids is 2. The minimum absolute atomic E-state index is 0.441. The van der Waals surface area contributed by atoms with Gasteiger partial charge >= 0.3 is 12.0 Å². The summed E-state index contributed by atoms with van der Waals surface area (Å²) in [5, 5.41) is 6.35. The number of fused-ring (bicyclic) bond motifs is 1. The summed E-state index contributed by atoms with van der Waals surface area (Å²) in [6, 6.07) is 14.4. The molecule has 6 nitrogen and oxygen atoms in total. The maximum atomic E-state index is 12.2. The molecule has 0 saturated heterocycles. The van der Waals surface area contributed by atoms with Crippen molar-refractivity contribution in [2.45, 2.75) is 12.5 Å². The van der Waals surface area contributed by atoms with Crippen LogP contribution < -0.4 is 10.6 Å². The highest BCUT2D eigenvalue weighted by Gasteiger charge is 2.21. The zero-order chi connectivity index (χ0) is 19.9. The summed E-state index contributed by atoms with van der Waals surface area (Å²) in [6.45, 7) is 0. The number of nitrogens with zero attached hydrogens (tertiary/aromatic N) is 1. The number of amides is 2. The molecule has 0 aliphatic heterocycles. The maximum absolute atomic E-state index is 12.2. The van der Waals surface area contributed by atoms with E-state index in [4.69, 9.17) is 4.74 Å². The lowest BCUT2D eigenvalue weighted by molar-refractivity contribution is -0.142. The average Bonchev–Trinajstić information content (AvgIpc) is 3.15. The number of hydrogen-bond donors (Lipinski definition) is 2. The van der Waals surface area contributed by atoms with Crippen molar-refractivity contribution in [3.05, 3.63) is 48.5 Å². The van der Waals surface area contributed by atoms with E-state index < -0.39 is 18.0 Å². The zero-order valence-corrected chi connectivity index (χ0v) is 17.2. The number of rotatable bonds is 7. The summed E-state index contributed by atoms with van der Waals surface area (Å²) in [6.07, 6.45) is 2.46. The smallest absolute Gasteiger partial charge is 0.328 e. The molecule has 146 valence electrons. The van der Waals surface area contributed by atoms with Gasteiger partial charge in [0, 0.05) is 11.3 Å². The monoisotopic (exact) mass is 415 g/mol. The lowest BCUT2D eigenvalue weighted by atomic mass is 10.2. The molecular weight excluding hydrogens is 394 g/mol. The number of thioether (sulfide) groups is 1. The van der Waals surface area contributed by atoms with E-state index >= 15 is 0 Å². The molecule has 2 amide bonds. The van der Waals surface area contributed by atoms with Crippen molar-refractivity contribution >= 4 is 51.0 Å². The van der Waals surface area contributed by atoms with E-state index in [1.165, 1.54) is 7.11 Å². The normalized spacial score (nSPS) is 11.8. The molecule has 1 atom stereocenters.